The number of hydrogen-bond donors (Lipinski definition) is 1. The average molecular weight is 280 g/mol. The van der Waals surface area contributed by atoms with Crippen LogP contribution in [0.5, 0.6) is 11.6 Å². The summed E-state index contributed by atoms with van der Waals surface area (Å²) in [5, 5.41) is 9.54. The number of benzene rings is 1. The standard InChI is InChI=1S/C13H14ClN3O2/c1-17(8-9-18)13-15-7-6-12(16-13)19-11-4-2-10(14)3-5-11/h2-7,18H,8-9H2,1H3. The second-order valence-electron chi connectivity index (χ2n) is 3.90. The van der Waals surface area contributed by atoms with Crippen molar-refractivity contribution in [2.75, 3.05) is 25.1 Å². The van der Waals surface area contributed by atoms with Crippen molar-refractivity contribution in [2.45, 2.75) is 0 Å². The second-order valence-corrected chi connectivity index (χ2v) is 4.33. The fraction of sp³-hybridized carbons (Fsp3) is 0.231. The first-order valence-electron chi connectivity index (χ1n) is 5.77. The lowest BCUT2D eigenvalue weighted by atomic mass is 10.3. The van der Waals surface area contributed by atoms with Crippen LogP contribution >= 0.6 is 11.6 Å². The maximum atomic E-state index is 8.89. The van der Waals surface area contributed by atoms with Crippen molar-refractivity contribution in [3.63, 3.8) is 0 Å². The first-order valence-corrected chi connectivity index (χ1v) is 6.15. The highest BCUT2D eigenvalue weighted by atomic mass is 35.5. The van der Waals surface area contributed by atoms with Crippen LogP contribution in [0.25, 0.3) is 0 Å². The number of aliphatic hydroxyl groups is 1. The number of ether oxygens (including phenoxy) is 1. The van der Waals surface area contributed by atoms with Crippen LogP contribution in [0.15, 0.2) is 36.5 Å². The molecule has 100 valence electrons. The fourth-order valence-corrected chi connectivity index (χ4v) is 1.57. The molecule has 0 bridgehead atoms. The maximum Gasteiger partial charge on any atom is 0.228 e. The number of rotatable bonds is 5. The molecule has 0 radical (unpaired) electrons. The molecule has 6 heteroatoms. The SMILES string of the molecule is CN(CCO)c1nccc(Oc2ccc(Cl)cc2)n1. The van der Waals surface area contributed by atoms with Crippen molar-refractivity contribution in [2.24, 2.45) is 0 Å². The molecule has 0 amide bonds. The van der Waals surface area contributed by atoms with Gasteiger partial charge in [-0.2, -0.15) is 4.98 Å². The van der Waals surface area contributed by atoms with Crippen LogP contribution in [0.4, 0.5) is 5.95 Å². The molecule has 1 aromatic heterocycles. The zero-order valence-electron chi connectivity index (χ0n) is 10.5. The van der Waals surface area contributed by atoms with Gasteiger partial charge in [0.05, 0.1) is 6.61 Å². The number of anilines is 1. The van der Waals surface area contributed by atoms with E-state index >= 15 is 0 Å². The van der Waals surface area contributed by atoms with Gasteiger partial charge in [-0.15, -0.1) is 0 Å². The summed E-state index contributed by atoms with van der Waals surface area (Å²) in [7, 11) is 1.80. The molecule has 0 saturated carbocycles. The van der Waals surface area contributed by atoms with Crippen molar-refractivity contribution < 1.29 is 9.84 Å². The Morgan fingerprint density at radius 3 is 2.68 bits per heavy atom. The van der Waals surface area contributed by atoms with Crippen molar-refractivity contribution in [3.05, 3.63) is 41.6 Å². The normalized spacial score (nSPS) is 10.3. The van der Waals surface area contributed by atoms with Gasteiger partial charge in [0.25, 0.3) is 0 Å². The van der Waals surface area contributed by atoms with Gasteiger partial charge in [0.15, 0.2) is 0 Å². The lowest BCUT2D eigenvalue weighted by Gasteiger charge is -2.15. The summed E-state index contributed by atoms with van der Waals surface area (Å²) in [5.74, 6) is 1.59. The van der Waals surface area contributed by atoms with E-state index in [4.69, 9.17) is 21.4 Å². The molecule has 0 aliphatic heterocycles. The second kappa shape index (κ2) is 6.36. The molecule has 1 heterocycles. The lowest BCUT2D eigenvalue weighted by molar-refractivity contribution is 0.303. The van der Waals surface area contributed by atoms with Crippen LogP contribution in [0.2, 0.25) is 5.02 Å². The van der Waals surface area contributed by atoms with Gasteiger partial charge in [-0.1, -0.05) is 11.6 Å². The van der Waals surface area contributed by atoms with Gasteiger partial charge in [0.2, 0.25) is 11.8 Å². The summed E-state index contributed by atoms with van der Waals surface area (Å²) in [5.41, 5.74) is 0. The third-order valence-corrected chi connectivity index (χ3v) is 2.68. The number of aromatic nitrogens is 2. The first kappa shape index (κ1) is 13.6. The van der Waals surface area contributed by atoms with Gasteiger partial charge in [-0.05, 0) is 24.3 Å². The van der Waals surface area contributed by atoms with Crippen LogP contribution in [0.1, 0.15) is 0 Å². The highest BCUT2D eigenvalue weighted by Gasteiger charge is 2.06. The van der Waals surface area contributed by atoms with Crippen molar-refractivity contribution >= 4 is 17.5 Å². The molecule has 0 unspecified atom stereocenters. The van der Waals surface area contributed by atoms with Gasteiger partial charge in [0, 0.05) is 30.9 Å². The molecule has 0 aliphatic carbocycles. The van der Waals surface area contributed by atoms with Crippen LogP contribution in [-0.4, -0.2) is 35.3 Å². The summed E-state index contributed by atoms with van der Waals surface area (Å²) in [6.07, 6.45) is 1.61. The molecule has 1 N–H and O–H groups in total. The molecule has 1 aromatic carbocycles. The summed E-state index contributed by atoms with van der Waals surface area (Å²) in [6, 6.07) is 8.70. The zero-order valence-corrected chi connectivity index (χ0v) is 11.2. The summed E-state index contributed by atoms with van der Waals surface area (Å²) in [6.45, 7) is 0.506. The highest BCUT2D eigenvalue weighted by Crippen LogP contribution is 2.22. The van der Waals surface area contributed by atoms with E-state index in [1.807, 2.05) is 0 Å². The smallest absolute Gasteiger partial charge is 0.228 e. The first-order chi connectivity index (χ1) is 9.19. The molecular formula is C13H14ClN3O2. The highest BCUT2D eigenvalue weighted by molar-refractivity contribution is 6.30. The molecule has 2 aromatic rings. The molecule has 5 nitrogen and oxygen atoms in total. The zero-order chi connectivity index (χ0) is 13.7. The fourth-order valence-electron chi connectivity index (χ4n) is 1.45. The Morgan fingerprint density at radius 1 is 1.26 bits per heavy atom. The number of nitrogens with zero attached hydrogens (tertiary/aromatic N) is 3. The Balaban J connectivity index is 2.12. The van der Waals surface area contributed by atoms with Crippen molar-refractivity contribution in [1.29, 1.82) is 0 Å². The summed E-state index contributed by atoms with van der Waals surface area (Å²) >= 11 is 5.80. The van der Waals surface area contributed by atoms with E-state index in [1.54, 1.807) is 48.5 Å². The summed E-state index contributed by atoms with van der Waals surface area (Å²) in [4.78, 5) is 10.1. The van der Waals surface area contributed by atoms with Crippen molar-refractivity contribution in [1.82, 2.24) is 9.97 Å². The Labute approximate surface area is 116 Å². The largest absolute Gasteiger partial charge is 0.439 e. The van der Waals surface area contributed by atoms with E-state index in [0.29, 0.717) is 29.1 Å². The van der Waals surface area contributed by atoms with E-state index in [1.165, 1.54) is 0 Å². The van der Waals surface area contributed by atoms with Crippen molar-refractivity contribution in [3.8, 4) is 11.6 Å². The predicted molar refractivity (Wildman–Crippen MR) is 73.9 cm³/mol. The number of hydrogen-bond acceptors (Lipinski definition) is 5. The predicted octanol–water partition coefficient (Wildman–Crippen LogP) is 2.35. The number of halogens is 1. The van der Waals surface area contributed by atoms with E-state index in [-0.39, 0.29) is 6.61 Å². The molecule has 0 saturated heterocycles. The van der Waals surface area contributed by atoms with Gasteiger partial charge in [-0.25, -0.2) is 4.98 Å². The molecule has 2 rings (SSSR count). The van der Waals surface area contributed by atoms with E-state index in [2.05, 4.69) is 9.97 Å². The minimum absolute atomic E-state index is 0.0438. The number of likely N-dealkylation sites (N-methyl/N-ethyl adjacent to an activating group) is 1. The minimum atomic E-state index is 0.0438. The van der Waals surface area contributed by atoms with Crippen LogP contribution in [0, 0.1) is 0 Å². The van der Waals surface area contributed by atoms with Crippen LogP contribution in [-0.2, 0) is 0 Å². The van der Waals surface area contributed by atoms with Crippen LogP contribution < -0.4 is 9.64 Å². The van der Waals surface area contributed by atoms with Gasteiger partial charge in [0.1, 0.15) is 5.75 Å². The quantitative estimate of drug-likeness (QED) is 0.910. The third kappa shape index (κ3) is 3.81. The maximum absolute atomic E-state index is 8.89. The molecule has 0 aliphatic rings. The minimum Gasteiger partial charge on any atom is -0.439 e. The van der Waals surface area contributed by atoms with Gasteiger partial charge >= 0.3 is 0 Å². The Kier molecular flexibility index (Phi) is 4.54. The number of aliphatic hydroxyl groups excluding tert-OH is 1. The van der Waals surface area contributed by atoms with E-state index < -0.39 is 0 Å². The third-order valence-electron chi connectivity index (χ3n) is 2.43. The molecule has 19 heavy (non-hydrogen) atoms. The van der Waals surface area contributed by atoms with Gasteiger partial charge in [-0.3, -0.25) is 0 Å². The lowest BCUT2D eigenvalue weighted by Crippen LogP contribution is -2.23. The summed E-state index contributed by atoms with van der Waals surface area (Å²) < 4.78 is 5.60. The molecule has 0 fully saturated rings. The Bertz CT molecular complexity index is 534. The molecular weight excluding hydrogens is 266 g/mol. The van der Waals surface area contributed by atoms with Crippen LogP contribution in [0.3, 0.4) is 0 Å². The molecule has 0 spiro atoms. The average Bonchev–Trinajstić information content (AvgIpc) is 2.42. The van der Waals surface area contributed by atoms with E-state index in [0.717, 1.165) is 0 Å². The van der Waals surface area contributed by atoms with E-state index in [9.17, 15) is 0 Å². The monoisotopic (exact) mass is 279 g/mol. The Hall–Kier alpha value is -1.85. The molecule has 0 atom stereocenters. The Morgan fingerprint density at radius 2 is 2.00 bits per heavy atom. The van der Waals surface area contributed by atoms with Gasteiger partial charge < -0.3 is 14.7 Å². The topological polar surface area (TPSA) is 58.5 Å².